The second-order valence-electron chi connectivity index (χ2n) is 7.00. The molecule has 3 rings (SSSR count). The van der Waals surface area contributed by atoms with Gasteiger partial charge >= 0.3 is 5.97 Å². The van der Waals surface area contributed by atoms with Gasteiger partial charge < -0.3 is 15.3 Å². The lowest BCUT2D eigenvalue weighted by Crippen LogP contribution is -2.44. The second kappa shape index (κ2) is 9.17. The molecule has 2 aromatic carbocycles. The van der Waals surface area contributed by atoms with Crippen molar-refractivity contribution in [3.63, 3.8) is 0 Å². The Balaban J connectivity index is 1.58. The molecule has 1 aliphatic rings. The molecule has 0 spiro atoms. The minimum Gasteiger partial charge on any atom is -0.481 e. The van der Waals surface area contributed by atoms with Crippen LogP contribution in [0.1, 0.15) is 41.2 Å². The SMILES string of the molecule is O=C(O)CC(NC(=O)C1CCN(C(=O)c2ccccc2)CC1)c1ccccc1. The molecule has 0 radical (unpaired) electrons. The number of nitrogens with one attached hydrogen (secondary N) is 1. The Morgan fingerprint density at radius 1 is 0.964 bits per heavy atom. The fourth-order valence-electron chi connectivity index (χ4n) is 3.51. The van der Waals surface area contributed by atoms with Crippen molar-refractivity contribution in [1.82, 2.24) is 10.2 Å². The van der Waals surface area contributed by atoms with Crippen LogP contribution >= 0.6 is 0 Å². The lowest BCUT2D eigenvalue weighted by molar-refractivity contribution is -0.138. The maximum atomic E-state index is 12.7. The molecule has 146 valence electrons. The summed E-state index contributed by atoms with van der Waals surface area (Å²) < 4.78 is 0. The Morgan fingerprint density at radius 2 is 1.54 bits per heavy atom. The number of likely N-dealkylation sites (tertiary alicyclic amines) is 1. The number of aliphatic carboxylic acids is 1. The first-order valence-electron chi connectivity index (χ1n) is 9.46. The predicted octanol–water partition coefficient (Wildman–Crippen LogP) is 2.87. The van der Waals surface area contributed by atoms with Gasteiger partial charge in [-0.1, -0.05) is 48.5 Å². The minimum atomic E-state index is -0.961. The molecule has 2 aromatic rings. The average Bonchev–Trinajstić information content (AvgIpc) is 2.74. The van der Waals surface area contributed by atoms with Crippen molar-refractivity contribution in [2.24, 2.45) is 5.92 Å². The van der Waals surface area contributed by atoms with E-state index in [1.165, 1.54) is 0 Å². The van der Waals surface area contributed by atoms with E-state index in [4.69, 9.17) is 0 Å². The quantitative estimate of drug-likeness (QED) is 0.807. The van der Waals surface area contributed by atoms with E-state index in [-0.39, 0.29) is 24.2 Å². The smallest absolute Gasteiger partial charge is 0.305 e. The van der Waals surface area contributed by atoms with Gasteiger partial charge in [0.2, 0.25) is 5.91 Å². The zero-order valence-corrected chi connectivity index (χ0v) is 15.6. The van der Waals surface area contributed by atoms with Gasteiger partial charge in [0.05, 0.1) is 12.5 Å². The van der Waals surface area contributed by atoms with E-state index in [1.807, 2.05) is 48.5 Å². The number of carbonyl (C=O) groups is 3. The van der Waals surface area contributed by atoms with Crippen LogP contribution in [0.15, 0.2) is 60.7 Å². The first-order chi connectivity index (χ1) is 13.5. The third-order valence-corrected chi connectivity index (χ3v) is 5.07. The van der Waals surface area contributed by atoms with Crippen LogP contribution in [0, 0.1) is 5.92 Å². The van der Waals surface area contributed by atoms with Crippen LogP contribution in [0.5, 0.6) is 0 Å². The molecule has 1 fully saturated rings. The van der Waals surface area contributed by atoms with Crippen LogP contribution in [0.25, 0.3) is 0 Å². The van der Waals surface area contributed by atoms with Crippen LogP contribution in [-0.2, 0) is 9.59 Å². The Hall–Kier alpha value is -3.15. The molecule has 1 unspecified atom stereocenters. The highest BCUT2D eigenvalue weighted by molar-refractivity contribution is 5.94. The Bertz CT molecular complexity index is 815. The standard InChI is InChI=1S/C22H24N2O4/c25-20(26)15-19(16-7-3-1-4-8-16)23-21(27)17-11-13-24(14-12-17)22(28)18-9-5-2-6-10-18/h1-10,17,19H,11-15H2,(H,23,27)(H,25,26). The van der Waals surface area contributed by atoms with Crippen molar-refractivity contribution in [3.8, 4) is 0 Å². The van der Waals surface area contributed by atoms with Gasteiger partial charge in [-0.15, -0.1) is 0 Å². The van der Waals surface area contributed by atoms with Gasteiger partial charge in [0.25, 0.3) is 5.91 Å². The summed E-state index contributed by atoms with van der Waals surface area (Å²) in [4.78, 5) is 38.2. The molecular weight excluding hydrogens is 356 g/mol. The summed E-state index contributed by atoms with van der Waals surface area (Å²) in [7, 11) is 0. The van der Waals surface area contributed by atoms with Crippen molar-refractivity contribution in [2.75, 3.05) is 13.1 Å². The minimum absolute atomic E-state index is 0.0208. The average molecular weight is 380 g/mol. The van der Waals surface area contributed by atoms with E-state index in [2.05, 4.69) is 5.32 Å². The fourth-order valence-corrected chi connectivity index (χ4v) is 3.51. The van der Waals surface area contributed by atoms with E-state index in [0.717, 1.165) is 5.56 Å². The molecule has 1 atom stereocenters. The summed E-state index contributed by atoms with van der Waals surface area (Å²) in [6, 6.07) is 17.7. The van der Waals surface area contributed by atoms with Gasteiger partial charge in [-0.3, -0.25) is 14.4 Å². The molecular formula is C22H24N2O4. The molecule has 1 aliphatic heterocycles. The summed E-state index contributed by atoms with van der Waals surface area (Å²) in [5, 5.41) is 12.1. The molecule has 0 aliphatic carbocycles. The molecule has 0 aromatic heterocycles. The summed E-state index contributed by atoms with van der Waals surface area (Å²) in [6.45, 7) is 1.03. The largest absolute Gasteiger partial charge is 0.481 e. The van der Waals surface area contributed by atoms with Crippen LogP contribution in [0.3, 0.4) is 0 Å². The Kier molecular flexibility index (Phi) is 6.42. The zero-order valence-electron chi connectivity index (χ0n) is 15.6. The van der Waals surface area contributed by atoms with Crippen LogP contribution in [0.2, 0.25) is 0 Å². The third kappa shape index (κ3) is 4.97. The molecule has 1 heterocycles. The summed E-state index contributed by atoms with van der Waals surface area (Å²) in [5.41, 5.74) is 1.42. The molecule has 2 amide bonds. The number of carboxylic acid groups (broad SMARTS) is 1. The highest BCUT2D eigenvalue weighted by Gasteiger charge is 2.29. The van der Waals surface area contributed by atoms with E-state index in [1.54, 1.807) is 17.0 Å². The van der Waals surface area contributed by atoms with E-state index < -0.39 is 12.0 Å². The third-order valence-electron chi connectivity index (χ3n) is 5.07. The summed E-state index contributed by atoms with van der Waals surface area (Å²) >= 11 is 0. The van der Waals surface area contributed by atoms with Gasteiger partial charge in [0.15, 0.2) is 0 Å². The molecule has 0 saturated carbocycles. The molecule has 0 bridgehead atoms. The summed E-state index contributed by atoms with van der Waals surface area (Å²) in [6.07, 6.45) is 0.971. The number of rotatable bonds is 6. The van der Waals surface area contributed by atoms with Gasteiger partial charge in [-0.05, 0) is 30.5 Å². The number of carboxylic acids is 1. The fraction of sp³-hybridized carbons (Fsp3) is 0.318. The monoisotopic (exact) mass is 380 g/mol. The first-order valence-corrected chi connectivity index (χ1v) is 9.46. The van der Waals surface area contributed by atoms with E-state index >= 15 is 0 Å². The first kappa shape index (κ1) is 19.6. The van der Waals surface area contributed by atoms with Crippen molar-refractivity contribution in [3.05, 3.63) is 71.8 Å². The molecule has 6 heteroatoms. The van der Waals surface area contributed by atoms with Gasteiger partial charge in [-0.25, -0.2) is 0 Å². The number of nitrogens with zero attached hydrogens (tertiary/aromatic N) is 1. The lowest BCUT2D eigenvalue weighted by Gasteiger charge is -2.32. The Labute approximate surface area is 164 Å². The summed E-state index contributed by atoms with van der Waals surface area (Å²) in [5.74, 6) is -1.35. The predicted molar refractivity (Wildman–Crippen MR) is 105 cm³/mol. The highest BCUT2D eigenvalue weighted by Crippen LogP contribution is 2.22. The number of piperidine rings is 1. The van der Waals surface area contributed by atoms with Crippen molar-refractivity contribution < 1.29 is 19.5 Å². The maximum Gasteiger partial charge on any atom is 0.305 e. The zero-order chi connectivity index (χ0) is 19.9. The number of amides is 2. The van der Waals surface area contributed by atoms with Crippen LogP contribution in [-0.4, -0.2) is 40.9 Å². The number of benzene rings is 2. The van der Waals surface area contributed by atoms with Gasteiger partial charge in [-0.2, -0.15) is 0 Å². The van der Waals surface area contributed by atoms with Gasteiger partial charge in [0, 0.05) is 24.6 Å². The van der Waals surface area contributed by atoms with E-state index in [9.17, 15) is 19.5 Å². The highest BCUT2D eigenvalue weighted by atomic mass is 16.4. The number of carbonyl (C=O) groups excluding carboxylic acids is 2. The molecule has 28 heavy (non-hydrogen) atoms. The van der Waals surface area contributed by atoms with Crippen molar-refractivity contribution in [1.29, 1.82) is 0 Å². The normalized spacial score (nSPS) is 15.6. The maximum absolute atomic E-state index is 12.7. The van der Waals surface area contributed by atoms with Crippen molar-refractivity contribution >= 4 is 17.8 Å². The number of hydrogen-bond acceptors (Lipinski definition) is 3. The van der Waals surface area contributed by atoms with Crippen LogP contribution in [0.4, 0.5) is 0 Å². The number of hydrogen-bond donors (Lipinski definition) is 2. The molecule has 6 nitrogen and oxygen atoms in total. The topological polar surface area (TPSA) is 86.7 Å². The molecule has 2 N–H and O–H groups in total. The second-order valence-corrected chi connectivity index (χ2v) is 7.00. The van der Waals surface area contributed by atoms with Crippen LogP contribution < -0.4 is 5.32 Å². The lowest BCUT2D eigenvalue weighted by atomic mass is 9.94. The van der Waals surface area contributed by atoms with Crippen molar-refractivity contribution in [2.45, 2.75) is 25.3 Å². The van der Waals surface area contributed by atoms with E-state index in [0.29, 0.717) is 31.5 Å². The molecule has 1 saturated heterocycles. The Morgan fingerprint density at radius 3 is 2.11 bits per heavy atom. The van der Waals surface area contributed by atoms with Gasteiger partial charge in [0.1, 0.15) is 0 Å².